The fourth-order valence-electron chi connectivity index (χ4n) is 5.54. The number of H-pyrrole nitrogens is 1. The van der Waals surface area contributed by atoms with Gasteiger partial charge in [0.05, 0.1) is 11.1 Å². The van der Waals surface area contributed by atoms with E-state index in [1.807, 2.05) is 24.3 Å². The number of imidazole rings is 1. The molecule has 4 aromatic rings. The number of rotatable bonds is 6. The lowest BCUT2D eigenvalue weighted by Gasteiger charge is -2.24. The van der Waals surface area contributed by atoms with Crippen LogP contribution < -0.4 is 11.1 Å². The second-order valence-electron chi connectivity index (χ2n) is 10.5. The van der Waals surface area contributed by atoms with Gasteiger partial charge in [0, 0.05) is 49.4 Å². The number of hydrogen-bond donors (Lipinski definition) is 3. The molecule has 3 heterocycles. The fourth-order valence-corrected chi connectivity index (χ4v) is 6.63. The van der Waals surface area contributed by atoms with Gasteiger partial charge in [-0.3, -0.25) is 9.59 Å². The van der Waals surface area contributed by atoms with Crippen molar-refractivity contribution in [3.63, 3.8) is 0 Å². The van der Waals surface area contributed by atoms with E-state index in [9.17, 15) is 9.59 Å². The Morgan fingerprint density at radius 1 is 1.20 bits per heavy atom. The Balaban J connectivity index is 1.37. The van der Waals surface area contributed by atoms with E-state index in [4.69, 9.17) is 10.7 Å². The summed E-state index contributed by atoms with van der Waals surface area (Å²) in [7, 11) is 3.53. The lowest BCUT2D eigenvalue weighted by atomic mass is 10.0. The van der Waals surface area contributed by atoms with Gasteiger partial charge >= 0.3 is 0 Å². The molecule has 2 aliphatic rings. The van der Waals surface area contributed by atoms with Crippen LogP contribution in [0.2, 0.25) is 0 Å². The Kier molecular flexibility index (Phi) is 6.78. The Labute approximate surface area is 247 Å². The van der Waals surface area contributed by atoms with Crippen LogP contribution in [0.5, 0.6) is 0 Å². The number of benzene rings is 1. The number of nitrogens with two attached hydrogens (primary N) is 1. The molecule has 0 unspecified atom stereocenters. The van der Waals surface area contributed by atoms with Gasteiger partial charge in [-0.1, -0.05) is 50.8 Å². The molecule has 10 nitrogen and oxygen atoms in total. The van der Waals surface area contributed by atoms with Crippen LogP contribution in [-0.4, -0.2) is 58.5 Å². The molecule has 0 atom stereocenters. The van der Waals surface area contributed by atoms with Gasteiger partial charge in [0.1, 0.15) is 25.9 Å². The fraction of sp³-hybridized carbons (Fsp3) is 0.321. The zero-order valence-corrected chi connectivity index (χ0v) is 25.2. The minimum atomic E-state index is -0.544. The number of aromatic nitrogens is 5. The molecular weight excluding hydrogens is 640 g/mol. The maximum Gasteiger partial charge on any atom is 0.270 e. The van der Waals surface area contributed by atoms with Crippen molar-refractivity contribution in [2.75, 3.05) is 19.4 Å². The van der Waals surface area contributed by atoms with Crippen LogP contribution in [0.1, 0.15) is 64.8 Å². The molecule has 206 valence electrons. The standard InChI is InChI=1S/C28H28Br2N8O2/c1-37(2)26(40)21-11-16-14-32-27(36-25(16)38(21)18-6-3-4-7-18)33-17-10-15(12-28(29,30)13-17)24-34-20-9-5-8-19(23(31)39)22(20)35-24/h5,8-12,14,18H,3-4,6-7,13H2,1-2H3,(H2,31,39)(H,34,35)(H,32,33,36). The summed E-state index contributed by atoms with van der Waals surface area (Å²) in [6.45, 7) is 0. The summed E-state index contributed by atoms with van der Waals surface area (Å²) in [4.78, 5) is 44.0. The van der Waals surface area contributed by atoms with E-state index in [-0.39, 0.29) is 11.9 Å². The molecular formula is C28H28Br2N8O2. The van der Waals surface area contributed by atoms with Crippen molar-refractivity contribution >= 4 is 77.3 Å². The molecule has 4 N–H and O–H groups in total. The largest absolute Gasteiger partial charge is 0.366 e. The summed E-state index contributed by atoms with van der Waals surface area (Å²) < 4.78 is 1.56. The van der Waals surface area contributed by atoms with E-state index in [1.54, 1.807) is 37.3 Å². The number of allylic oxidation sites excluding steroid dienone is 4. The summed E-state index contributed by atoms with van der Waals surface area (Å²) in [5.41, 5.74) is 10.2. The van der Waals surface area contributed by atoms with Crippen molar-refractivity contribution in [1.82, 2.24) is 29.4 Å². The van der Waals surface area contributed by atoms with Gasteiger partial charge in [0.2, 0.25) is 5.95 Å². The quantitative estimate of drug-likeness (QED) is 0.233. The average Bonchev–Trinajstić information content (AvgIpc) is 3.64. The number of carbonyl (C=O) groups excluding carboxylic acids is 2. The van der Waals surface area contributed by atoms with Crippen molar-refractivity contribution in [2.24, 2.45) is 5.73 Å². The van der Waals surface area contributed by atoms with E-state index >= 15 is 0 Å². The van der Waals surface area contributed by atoms with Crippen LogP contribution in [0.4, 0.5) is 5.95 Å². The molecule has 3 aromatic heterocycles. The van der Waals surface area contributed by atoms with Crippen molar-refractivity contribution in [3.8, 4) is 0 Å². The predicted octanol–water partition coefficient (Wildman–Crippen LogP) is 5.49. The van der Waals surface area contributed by atoms with Crippen LogP contribution in [0.3, 0.4) is 0 Å². The highest BCUT2D eigenvalue weighted by molar-refractivity contribution is 9.25. The number of fused-ring (bicyclic) bond motifs is 2. The number of nitrogens with one attached hydrogen (secondary N) is 2. The number of aromatic amines is 1. The lowest BCUT2D eigenvalue weighted by Crippen LogP contribution is -2.25. The van der Waals surface area contributed by atoms with Crippen LogP contribution in [-0.2, 0) is 0 Å². The average molecular weight is 668 g/mol. The molecule has 1 fully saturated rings. The van der Waals surface area contributed by atoms with Crippen molar-refractivity contribution < 1.29 is 9.59 Å². The van der Waals surface area contributed by atoms with Gasteiger partial charge in [0.25, 0.3) is 11.8 Å². The Bertz CT molecular complexity index is 1730. The summed E-state index contributed by atoms with van der Waals surface area (Å²) in [5, 5.41) is 4.22. The third-order valence-electron chi connectivity index (χ3n) is 7.34. The molecule has 1 saturated carbocycles. The van der Waals surface area contributed by atoms with E-state index in [0.29, 0.717) is 35.0 Å². The first kappa shape index (κ1) is 26.7. The minimum absolute atomic E-state index is 0.0436. The second-order valence-corrected chi connectivity index (χ2v) is 14.4. The predicted molar refractivity (Wildman–Crippen MR) is 163 cm³/mol. The number of nitrogens with zero attached hydrogens (tertiary/aromatic N) is 5. The van der Waals surface area contributed by atoms with Crippen LogP contribution >= 0.6 is 31.9 Å². The van der Waals surface area contributed by atoms with Gasteiger partial charge in [-0.2, -0.15) is 4.98 Å². The van der Waals surface area contributed by atoms with Crippen LogP contribution in [0, 0.1) is 0 Å². The van der Waals surface area contributed by atoms with E-state index < -0.39 is 9.14 Å². The zero-order chi connectivity index (χ0) is 28.2. The first-order chi connectivity index (χ1) is 19.1. The molecule has 6 rings (SSSR count). The Morgan fingerprint density at radius 2 is 1.98 bits per heavy atom. The van der Waals surface area contributed by atoms with Gasteiger partial charge < -0.3 is 25.5 Å². The lowest BCUT2D eigenvalue weighted by molar-refractivity contribution is 0.0815. The molecule has 1 aromatic carbocycles. The second kappa shape index (κ2) is 10.2. The smallest absolute Gasteiger partial charge is 0.270 e. The number of halogens is 2. The first-order valence-electron chi connectivity index (χ1n) is 13.1. The van der Waals surface area contributed by atoms with E-state index in [0.717, 1.165) is 53.5 Å². The minimum Gasteiger partial charge on any atom is -0.366 e. The van der Waals surface area contributed by atoms with Gasteiger partial charge in [0.15, 0.2) is 0 Å². The molecule has 0 spiro atoms. The van der Waals surface area contributed by atoms with Crippen molar-refractivity contribution in [3.05, 3.63) is 65.4 Å². The molecule has 2 aliphatic carbocycles. The number of alkyl halides is 2. The number of para-hydroxylation sites is 1. The van der Waals surface area contributed by atoms with E-state index in [2.05, 4.69) is 56.7 Å². The molecule has 0 saturated heterocycles. The monoisotopic (exact) mass is 666 g/mol. The summed E-state index contributed by atoms with van der Waals surface area (Å²) in [5.74, 6) is 0.472. The number of primary amides is 1. The maximum atomic E-state index is 13.0. The van der Waals surface area contributed by atoms with Gasteiger partial charge in [-0.05, 0) is 43.2 Å². The zero-order valence-electron chi connectivity index (χ0n) is 22.0. The molecule has 2 amide bonds. The molecule has 0 aliphatic heterocycles. The number of hydrogen-bond acceptors (Lipinski definition) is 6. The molecule has 40 heavy (non-hydrogen) atoms. The number of carbonyl (C=O) groups is 2. The van der Waals surface area contributed by atoms with Gasteiger partial charge in [-0.15, -0.1) is 0 Å². The summed E-state index contributed by atoms with van der Waals surface area (Å²) in [6.07, 6.45) is 10.7. The van der Waals surface area contributed by atoms with Crippen LogP contribution in [0.15, 0.2) is 48.3 Å². The van der Waals surface area contributed by atoms with E-state index in [1.165, 1.54) is 0 Å². The van der Waals surface area contributed by atoms with Crippen LogP contribution in [0.25, 0.3) is 27.6 Å². The summed E-state index contributed by atoms with van der Waals surface area (Å²) in [6, 6.07) is 7.42. The van der Waals surface area contributed by atoms with Crippen molar-refractivity contribution in [1.29, 1.82) is 0 Å². The Hall–Kier alpha value is -3.51. The first-order valence-corrected chi connectivity index (χ1v) is 14.6. The maximum absolute atomic E-state index is 13.0. The molecule has 12 heteroatoms. The molecule has 0 radical (unpaired) electrons. The number of anilines is 1. The highest BCUT2D eigenvalue weighted by Crippen LogP contribution is 2.42. The Morgan fingerprint density at radius 3 is 2.70 bits per heavy atom. The summed E-state index contributed by atoms with van der Waals surface area (Å²) >= 11 is 7.50. The third-order valence-corrected chi connectivity index (χ3v) is 8.36. The molecule has 0 bridgehead atoms. The normalized spacial score (nSPS) is 17.2. The van der Waals surface area contributed by atoms with Gasteiger partial charge in [-0.25, -0.2) is 9.97 Å². The number of amides is 2. The third kappa shape index (κ3) is 4.94. The highest BCUT2D eigenvalue weighted by Gasteiger charge is 2.30. The topological polar surface area (TPSA) is 135 Å². The highest BCUT2D eigenvalue weighted by atomic mass is 79.9. The SMILES string of the molecule is CN(C)C(=O)c1cc2cnc(NC3=CC(c4nc5c(C(N)=O)cccc5[nH]4)=CC(Br)(Br)C3)nc2n1C1CCCC1. The van der Waals surface area contributed by atoms with Crippen molar-refractivity contribution in [2.45, 2.75) is 41.4 Å².